The number of nitrogens with one attached hydrogen (secondary N) is 1. The van der Waals surface area contributed by atoms with Crippen molar-refractivity contribution in [3.05, 3.63) is 40.6 Å². The standard InChI is InChI=1S/C14H15NO6S3/c1-23(16,17)15-8-14(13-3-2-6-22-13)24(18,19)10-4-5-11-12(7-10)21-9-20-11/h2-7,14-15H,8-9H2,1H3/t14-/m1/s1. The molecule has 0 aliphatic carbocycles. The van der Waals surface area contributed by atoms with Crippen LogP contribution in [0.15, 0.2) is 40.6 Å². The van der Waals surface area contributed by atoms with E-state index in [1.807, 2.05) is 0 Å². The van der Waals surface area contributed by atoms with Gasteiger partial charge in [0.25, 0.3) is 0 Å². The molecule has 0 bridgehead atoms. The van der Waals surface area contributed by atoms with Gasteiger partial charge in [0.2, 0.25) is 16.8 Å². The number of rotatable bonds is 6. The van der Waals surface area contributed by atoms with Gasteiger partial charge < -0.3 is 9.47 Å². The van der Waals surface area contributed by atoms with Crippen molar-refractivity contribution in [2.75, 3.05) is 19.6 Å². The number of sulfone groups is 1. The van der Waals surface area contributed by atoms with Crippen LogP contribution in [0.4, 0.5) is 0 Å². The van der Waals surface area contributed by atoms with Crippen LogP contribution < -0.4 is 14.2 Å². The molecule has 10 heteroatoms. The van der Waals surface area contributed by atoms with E-state index in [-0.39, 0.29) is 18.2 Å². The van der Waals surface area contributed by atoms with Crippen LogP contribution in [0.2, 0.25) is 0 Å². The molecule has 1 aliphatic heterocycles. The fourth-order valence-corrected chi connectivity index (χ4v) is 5.66. The van der Waals surface area contributed by atoms with Gasteiger partial charge in [-0.2, -0.15) is 0 Å². The molecule has 3 rings (SSSR count). The van der Waals surface area contributed by atoms with E-state index in [1.54, 1.807) is 17.5 Å². The smallest absolute Gasteiger partial charge is 0.231 e. The zero-order valence-electron chi connectivity index (χ0n) is 12.6. The molecule has 1 aromatic heterocycles. The highest BCUT2D eigenvalue weighted by Crippen LogP contribution is 2.38. The largest absolute Gasteiger partial charge is 0.454 e. The zero-order valence-corrected chi connectivity index (χ0v) is 15.1. The third-order valence-electron chi connectivity index (χ3n) is 3.44. The number of hydrogen-bond acceptors (Lipinski definition) is 7. The van der Waals surface area contributed by atoms with Crippen molar-refractivity contribution in [1.82, 2.24) is 4.72 Å². The molecule has 130 valence electrons. The molecular weight excluding hydrogens is 374 g/mol. The first-order valence-corrected chi connectivity index (χ1v) is 11.2. The van der Waals surface area contributed by atoms with Gasteiger partial charge in [-0.25, -0.2) is 21.6 Å². The van der Waals surface area contributed by atoms with Crippen molar-refractivity contribution < 1.29 is 26.3 Å². The third-order valence-corrected chi connectivity index (χ3v) is 7.35. The van der Waals surface area contributed by atoms with Crippen LogP contribution in [-0.2, 0) is 19.9 Å². The van der Waals surface area contributed by atoms with Crippen molar-refractivity contribution in [2.24, 2.45) is 0 Å². The minimum Gasteiger partial charge on any atom is -0.454 e. The highest BCUT2D eigenvalue weighted by molar-refractivity contribution is 7.92. The lowest BCUT2D eigenvalue weighted by Crippen LogP contribution is -2.30. The lowest BCUT2D eigenvalue weighted by atomic mass is 10.3. The molecule has 1 aliphatic rings. The molecule has 0 saturated heterocycles. The van der Waals surface area contributed by atoms with Gasteiger partial charge in [0.05, 0.1) is 11.2 Å². The number of ether oxygens (including phenoxy) is 2. The monoisotopic (exact) mass is 389 g/mol. The summed E-state index contributed by atoms with van der Waals surface area (Å²) in [6.07, 6.45) is 0.992. The van der Waals surface area contributed by atoms with Crippen molar-refractivity contribution in [2.45, 2.75) is 10.1 Å². The molecule has 1 aromatic carbocycles. The fourth-order valence-electron chi connectivity index (χ4n) is 2.28. The topological polar surface area (TPSA) is 98.8 Å². The van der Waals surface area contributed by atoms with Crippen LogP contribution in [0.5, 0.6) is 11.5 Å². The molecule has 1 atom stereocenters. The lowest BCUT2D eigenvalue weighted by Gasteiger charge is -2.17. The maximum absolute atomic E-state index is 13.0. The fraction of sp³-hybridized carbons (Fsp3) is 0.286. The Bertz CT molecular complexity index is 935. The Morgan fingerprint density at radius 3 is 2.58 bits per heavy atom. The van der Waals surface area contributed by atoms with Crippen LogP contribution >= 0.6 is 11.3 Å². The molecule has 0 fully saturated rings. The molecule has 0 saturated carbocycles. The first kappa shape index (κ1) is 17.2. The van der Waals surface area contributed by atoms with Gasteiger partial charge in [0.1, 0.15) is 5.25 Å². The van der Waals surface area contributed by atoms with E-state index in [1.165, 1.54) is 29.5 Å². The second-order valence-electron chi connectivity index (χ2n) is 5.18. The maximum Gasteiger partial charge on any atom is 0.231 e. The van der Waals surface area contributed by atoms with E-state index in [2.05, 4.69) is 4.72 Å². The molecule has 2 heterocycles. The van der Waals surface area contributed by atoms with Gasteiger partial charge >= 0.3 is 0 Å². The highest BCUT2D eigenvalue weighted by Gasteiger charge is 2.32. The lowest BCUT2D eigenvalue weighted by molar-refractivity contribution is 0.174. The normalized spacial score (nSPS) is 15.4. The van der Waals surface area contributed by atoms with Crippen LogP contribution in [0.3, 0.4) is 0 Å². The number of hydrogen-bond donors (Lipinski definition) is 1. The van der Waals surface area contributed by atoms with Crippen LogP contribution in [0.1, 0.15) is 10.1 Å². The van der Waals surface area contributed by atoms with Crippen molar-refractivity contribution >= 4 is 31.2 Å². The van der Waals surface area contributed by atoms with E-state index in [9.17, 15) is 16.8 Å². The zero-order chi connectivity index (χ0) is 17.4. The Morgan fingerprint density at radius 2 is 1.92 bits per heavy atom. The Kier molecular flexibility index (Phi) is 4.56. The molecule has 2 aromatic rings. The van der Waals surface area contributed by atoms with Gasteiger partial charge in [-0.05, 0) is 23.6 Å². The maximum atomic E-state index is 13.0. The Hall–Kier alpha value is -1.62. The van der Waals surface area contributed by atoms with Crippen molar-refractivity contribution in [3.63, 3.8) is 0 Å². The number of benzene rings is 1. The Balaban J connectivity index is 1.99. The number of sulfonamides is 1. The molecule has 0 amide bonds. The van der Waals surface area contributed by atoms with Crippen LogP contribution in [0, 0.1) is 0 Å². The molecule has 1 N–H and O–H groups in total. The Morgan fingerprint density at radius 1 is 1.17 bits per heavy atom. The summed E-state index contributed by atoms with van der Waals surface area (Å²) in [5.74, 6) is 0.841. The van der Waals surface area contributed by atoms with E-state index in [0.717, 1.165) is 6.26 Å². The first-order valence-electron chi connectivity index (χ1n) is 6.89. The third kappa shape index (κ3) is 3.56. The summed E-state index contributed by atoms with van der Waals surface area (Å²) in [7, 11) is -7.34. The van der Waals surface area contributed by atoms with Crippen LogP contribution in [0.25, 0.3) is 0 Å². The minimum absolute atomic E-state index is 0.0445. The highest BCUT2D eigenvalue weighted by atomic mass is 32.2. The summed E-state index contributed by atoms with van der Waals surface area (Å²) >= 11 is 1.26. The predicted molar refractivity (Wildman–Crippen MR) is 89.7 cm³/mol. The van der Waals surface area contributed by atoms with Crippen LogP contribution in [-0.4, -0.2) is 36.4 Å². The molecule has 0 radical (unpaired) electrons. The average molecular weight is 389 g/mol. The summed E-state index contributed by atoms with van der Waals surface area (Å²) in [6, 6.07) is 7.76. The summed E-state index contributed by atoms with van der Waals surface area (Å²) in [5, 5.41) is 0.727. The van der Waals surface area contributed by atoms with Gasteiger partial charge in [-0.3, -0.25) is 0 Å². The molecule has 24 heavy (non-hydrogen) atoms. The summed E-state index contributed by atoms with van der Waals surface area (Å²) in [5.41, 5.74) is 0. The second kappa shape index (κ2) is 6.36. The van der Waals surface area contributed by atoms with E-state index < -0.39 is 25.1 Å². The number of fused-ring (bicyclic) bond motifs is 1. The van der Waals surface area contributed by atoms with E-state index >= 15 is 0 Å². The van der Waals surface area contributed by atoms with Gasteiger partial charge in [-0.1, -0.05) is 6.07 Å². The SMILES string of the molecule is CS(=O)(=O)NC[C@H](c1cccs1)S(=O)(=O)c1ccc2c(c1)OCO2. The predicted octanol–water partition coefficient (Wildman–Crippen LogP) is 1.54. The molecule has 0 spiro atoms. The Labute approximate surface area is 144 Å². The van der Waals surface area contributed by atoms with E-state index in [0.29, 0.717) is 16.4 Å². The summed E-state index contributed by atoms with van der Waals surface area (Å²) < 4.78 is 61.5. The van der Waals surface area contributed by atoms with Gasteiger partial charge in [-0.15, -0.1) is 11.3 Å². The van der Waals surface area contributed by atoms with Gasteiger partial charge in [0, 0.05) is 17.5 Å². The number of thiophene rings is 1. The minimum atomic E-state index is -3.82. The summed E-state index contributed by atoms with van der Waals surface area (Å²) in [6.45, 7) is -0.195. The molecule has 7 nitrogen and oxygen atoms in total. The average Bonchev–Trinajstić information content (AvgIpc) is 3.16. The van der Waals surface area contributed by atoms with Crippen molar-refractivity contribution in [1.29, 1.82) is 0 Å². The molecule has 0 unspecified atom stereocenters. The summed E-state index contributed by atoms with van der Waals surface area (Å²) in [4.78, 5) is 0.615. The van der Waals surface area contributed by atoms with E-state index in [4.69, 9.17) is 9.47 Å². The first-order chi connectivity index (χ1) is 11.3. The second-order valence-corrected chi connectivity index (χ2v) is 10.1. The molecular formula is C14H15NO6S3. The van der Waals surface area contributed by atoms with Crippen molar-refractivity contribution in [3.8, 4) is 11.5 Å². The quantitative estimate of drug-likeness (QED) is 0.805. The van der Waals surface area contributed by atoms with Gasteiger partial charge in [0.15, 0.2) is 21.3 Å².